The van der Waals surface area contributed by atoms with Crippen LogP contribution in [-0.4, -0.2) is 16.0 Å². The maximum absolute atomic E-state index is 4.37. The summed E-state index contributed by atoms with van der Waals surface area (Å²) in [4.78, 5) is 8.62. The first-order valence-corrected chi connectivity index (χ1v) is 5.68. The molecule has 1 aromatic rings. The second-order valence-electron chi connectivity index (χ2n) is 4.11. The standard InChI is InChI=1S/C12H21N3/c1-5-6-9(2)15-11(4)12-10(3)13-7-8-14-12/h7-9,11,15H,5-6H2,1-4H3. The second kappa shape index (κ2) is 5.81. The fourth-order valence-corrected chi connectivity index (χ4v) is 1.87. The fraction of sp³-hybridized carbons (Fsp3) is 0.667. The van der Waals surface area contributed by atoms with E-state index in [-0.39, 0.29) is 6.04 Å². The van der Waals surface area contributed by atoms with E-state index >= 15 is 0 Å². The van der Waals surface area contributed by atoms with Crippen molar-refractivity contribution in [2.45, 2.75) is 52.6 Å². The van der Waals surface area contributed by atoms with E-state index in [9.17, 15) is 0 Å². The Labute approximate surface area is 92.3 Å². The molecule has 1 heterocycles. The van der Waals surface area contributed by atoms with Gasteiger partial charge in [0.1, 0.15) is 0 Å². The molecule has 1 N–H and O–H groups in total. The van der Waals surface area contributed by atoms with Gasteiger partial charge in [-0.15, -0.1) is 0 Å². The van der Waals surface area contributed by atoms with Crippen molar-refractivity contribution in [2.24, 2.45) is 0 Å². The van der Waals surface area contributed by atoms with Crippen LogP contribution in [0.4, 0.5) is 0 Å². The Hall–Kier alpha value is -0.960. The highest BCUT2D eigenvalue weighted by molar-refractivity contribution is 5.12. The van der Waals surface area contributed by atoms with Gasteiger partial charge in [-0.3, -0.25) is 9.97 Å². The monoisotopic (exact) mass is 207 g/mol. The average molecular weight is 207 g/mol. The van der Waals surface area contributed by atoms with Crippen molar-refractivity contribution in [3.63, 3.8) is 0 Å². The van der Waals surface area contributed by atoms with E-state index in [1.807, 2.05) is 6.92 Å². The Morgan fingerprint density at radius 1 is 1.27 bits per heavy atom. The highest BCUT2D eigenvalue weighted by atomic mass is 15.0. The van der Waals surface area contributed by atoms with Gasteiger partial charge in [-0.2, -0.15) is 0 Å². The molecule has 2 unspecified atom stereocenters. The van der Waals surface area contributed by atoms with Gasteiger partial charge in [0.2, 0.25) is 0 Å². The minimum Gasteiger partial charge on any atom is -0.306 e. The molecule has 3 heteroatoms. The number of hydrogen-bond donors (Lipinski definition) is 1. The number of nitrogens with one attached hydrogen (secondary N) is 1. The Balaban J connectivity index is 2.61. The van der Waals surface area contributed by atoms with Crippen LogP contribution in [0.5, 0.6) is 0 Å². The first-order valence-electron chi connectivity index (χ1n) is 5.68. The summed E-state index contributed by atoms with van der Waals surface area (Å²) < 4.78 is 0. The van der Waals surface area contributed by atoms with Gasteiger partial charge in [-0.05, 0) is 27.2 Å². The maximum atomic E-state index is 4.37. The molecule has 84 valence electrons. The zero-order chi connectivity index (χ0) is 11.3. The zero-order valence-electron chi connectivity index (χ0n) is 10.1. The highest BCUT2D eigenvalue weighted by Gasteiger charge is 2.12. The summed E-state index contributed by atoms with van der Waals surface area (Å²) in [5.74, 6) is 0. The van der Waals surface area contributed by atoms with E-state index in [1.165, 1.54) is 12.8 Å². The topological polar surface area (TPSA) is 37.8 Å². The van der Waals surface area contributed by atoms with Crippen LogP contribution in [0.2, 0.25) is 0 Å². The predicted octanol–water partition coefficient (Wildman–Crippen LogP) is 2.62. The summed E-state index contributed by atoms with van der Waals surface area (Å²) in [5, 5.41) is 3.54. The number of hydrogen-bond acceptors (Lipinski definition) is 3. The van der Waals surface area contributed by atoms with Gasteiger partial charge in [0.25, 0.3) is 0 Å². The molecule has 0 aliphatic heterocycles. The van der Waals surface area contributed by atoms with Crippen molar-refractivity contribution in [3.05, 3.63) is 23.8 Å². The van der Waals surface area contributed by atoms with Gasteiger partial charge >= 0.3 is 0 Å². The minimum atomic E-state index is 0.278. The molecule has 0 radical (unpaired) electrons. The van der Waals surface area contributed by atoms with Crippen molar-refractivity contribution in [3.8, 4) is 0 Å². The lowest BCUT2D eigenvalue weighted by Gasteiger charge is -2.19. The molecule has 0 aliphatic rings. The third-order valence-electron chi connectivity index (χ3n) is 2.59. The third-order valence-corrected chi connectivity index (χ3v) is 2.59. The van der Waals surface area contributed by atoms with Gasteiger partial charge in [0.15, 0.2) is 0 Å². The van der Waals surface area contributed by atoms with Crippen LogP contribution in [0.15, 0.2) is 12.4 Å². The van der Waals surface area contributed by atoms with Crippen LogP contribution in [-0.2, 0) is 0 Å². The SMILES string of the molecule is CCCC(C)NC(C)c1nccnc1C. The Bertz CT molecular complexity index is 299. The van der Waals surface area contributed by atoms with Crippen molar-refractivity contribution in [1.29, 1.82) is 0 Å². The number of aromatic nitrogens is 2. The Morgan fingerprint density at radius 2 is 1.93 bits per heavy atom. The predicted molar refractivity (Wildman–Crippen MR) is 62.7 cm³/mol. The molecule has 0 amide bonds. The molecule has 0 saturated heterocycles. The maximum Gasteiger partial charge on any atom is 0.0782 e. The summed E-state index contributed by atoms with van der Waals surface area (Å²) in [6.45, 7) is 8.57. The smallest absolute Gasteiger partial charge is 0.0782 e. The lowest BCUT2D eigenvalue weighted by atomic mass is 10.1. The molecule has 0 spiro atoms. The van der Waals surface area contributed by atoms with Gasteiger partial charge in [-0.25, -0.2) is 0 Å². The molecule has 1 aromatic heterocycles. The molecule has 0 fully saturated rings. The van der Waals surface area contributed by atoms with E-state index in [4.69, 9.17) is 0 Å². The van der Waals surface area contributed by atoms with E-state index in [0.717, 1.165) is 11.4 Å². The fourth-order valence-electron chi connectivity index (χ4n) is 1.87. The number of nitrogens with zero attached hydrogens (tertiary/aromatic N) is 2. The molecule has 1 rings (SSSR count). The van der Waals surface area contributed by atoms with Crippen LogP contribution in [0.3, 0.4) is 0 Å². The van der Waals surface area contributed by atoms with E-state index in [2.05, 4.69) is 36.1 Å². The zero-order valence-corrected chi connectivity index (χ0v) is 10.1. The van der Waals surface area contributed by atoms with Crippen LogP contribution in [0, 0.1) is 6.92 Å². The van der Waals surface area contributed by atoms with E-state index < -0.39 is 0 Å². The summed E-state index contributed by atoms with van der Waals surface area (Å²) in [7, 11) is 0. The van der Waals surface area contributed by atoms with Crippen molar-refractivity contribution in [2.75, 3.05) is 0 Å². The van der Waals surface area contributed by atoms with Crippen LogP contribution in [0.1, 0.15) is 51.0 Å². The summed E-state index contributed by atoms with van der Waals surface area (Å²) in [6.07, 6.45) is 5.90. The molecule has 15 heavy (non-hydrogen) atoms. The molecule has 2 atom stereocenters. The second-order valence-corrected chi connectivity index (χ2v) is 4.11. The van der Waals surface area contributed by atoms with Gasteiger partial charge in [0, 0.05) is 24.5 Å². The molecular formula is C12H21N3. The lowest BCUT2D eigenvalue weighted by molar-refractivity contribution is 0.444. The molecule has 0 bridgehead atoms. The summed E-state index contributed by atoms with van der Waals surface area (Å²) >= 11 is 0. The summed E-state index contributed by atoms with van der Waals surface area (Å²) in [5.41, 5.74) is 2.07. The Morgan fingerprint density at radius 3 is 2.53 bits per heavy atom. The van der Waals surface area contributed by atoms with Gasteiger partial charge in [-0.1, -0.05) is 13.3 Å². The Kier molecular flexibility index (Phi) is 4.69. The van der Waals surface area contributed by atoms with Crippen LogP contribution >= 0.6 is 0 Å². The van der Waals surface area contributed by atoms with Gasteiger partial charge < -0.3 is 5.32 Å². The number of rotatable bonds is 5. The third kappa shape index (κ3) is 3.59. The molecular weight excluding hydrogens is 186 g/mol. The van der Waals surface area contributed by atoms with Crippen LogP contribution < -0.4 is 5.32 Å². The number of aryl methyl sites for hydroxylation is 1. The molecule has 0 aliphatic carbocycles. The lowest BCUT2D eigenvalue weighted by Crippen LogP contribution is -2.29. The molecule has 3 nitrogen and oxygen atoms in total. The van der Waals surface area contributed by atoms with Crippen molar-refractivity contribution >= 4 is 0 Å². The largest absolute Gasteiger partial charge is 0.306 e. The minimum absolute atomic E-state index is 0.278. The van der Waals surface area contributed by atoms with Gasteiger partial charge in [0.05, 0.1) is 11.4 Å². The average Bonchev–Trinajstić information content (AvgIpc) is 2.18. The van der Waals surface area contributed by atoms with Crippen LogP contribution in [0.25, 0.3) is 0 Å². The van der Waals surface area contributed by atoms with Crippen molar-refractivity contribution in [1.82, 2.24) is 15.3 Å². The summed E-state index contributed by atoms with van der Waals surface area (Å²) in [6, 6.07) is 0.812. The molecule has 0 saturated carbocycles. The van der Waals surface area contributed by atoms with Crippen molar-refractivity contribution < 1.29 is 0 Å². The highest BCUT2D eigenvalue weighted by Crippen LogP contribution is 2.13. The molecule has 0 aromatic carbocycles. The first-order chi connectivity index (χ1) is 7.15. The normalized spacial score (nSPS) is 14.9. The quantitative estimate of drug-likeness (QED) is 0.806. The van der Waals surface area contributed by atoms with E-state index in [1.54, 1.807) is 12.4 Å². The van der Waals surface area contributed by atoms with E-state index in [0.29, 0.717) is 6.04 Å². The first kappa shape index (κ1) is 12.1.